The number of amides is 1. The Morgan fingerprint density at radius 1 is 0.884 bits per heavy atom. The van der Waals surface area contributed by atoms with Crippen LogP contribution in [-0.2, 0) is 4.79 Å². The van der Waals surface area contributed by atoms with Crippen molar-refractivity contribution in [3.05, 3.63) is 138 Å². The van der Waals surface area contributed by atoms with Crippen LogP contribution in [-0.4, -0.2) is 38.9 Å². The number of aromatic nitrogens is 2. The van der Waals surface area contributed by atoms with E-state index < -0.39 is 0 Å². The van der Waals surface area contributed by atoms with Gasteiger partial charge in [0.05, 0.1) is 34.3 Å². The minimum Gasteiger partial charge on any atom is -0.494 e. The summed E-state index contributed by atoms with van der Waals surface area (Å²) in [6, 6.07) is 38.2. The lowest BCUT2D eigenvalue weighted by Gasteiger charge is -2.12. The predicted octanol–water partition coefficient (Wildman–Crippen LogP) is 8.40. The van der Waals surface area contributed by atoms with E-state index in [0.717, 1.165) is 45.2 Å². The number of nitrogens with zero attached hydrogens (tertiary/aromatic N) is 4. The monoisotopic (exact) mass is 582 g/mol. The minimum absolute atomic E-state index is 0.0930. The van der Waals surface area contributed by atoms with Gasteiger partial charge in [0, 0.05) is 17.7 Å². The van der Waals surface area contributed by atoms with Gasteiger partial charge in [0.1, 0.15) is 5.75 Å². The fourth-order valence-electron chi connectivity index (χ4n) is 4.78. The van der Waals surface area contributed by atoms with E-state index in [9.17, 15) is 4.79 Å². The van der Waals surface area contributed by atoms with Gasteiger partial charge in [0.15, 0.2) is 5.17 Å². The molecule has 2 heterocycles. The first-order chi connectivity index (χ1) is 21.1. The van der Waals surface area contributed by atoms with Gasteiger partial charge < -0.3 is 4.74 Å². The van der Waals surface area contributed by atoms with Crippen molar-refractivity contribution < 1.29 is 9.53 Å². The molecule has 0 N–H and O–H groups in total. The fourth-order valence-corrected chi connectivity index (χ4v) is 5.79. The Morgan fingerprint density at radius 2 is 1.56 bits per heavy atom. The number of hydrogen-bond donors (Lipinski definition) is 0. The third-order valence-corrected chi connectivity index (χ3v) is 7.86. The van der Waals surface area contributed by atoms with Crippen molar-refractivity contribution in [3.63, 3.8) is 0 Å². The van der Waals surface area contributed by atoms with Crippen molar-refractivity contribution >= 4 is 34.6 Å². The van der Waals surface area contributed by atoms with Gasteiger partial charge in [-0.2, -0.15) is 5.10 Å². The average Bonchev–Trinajstić information content (AvgIpc) is 3.62. The van der Waals surface area contributed by atoms with Crippen molar-refractivity contribution in [1.29, 1.82) is 0 Å². The van der Waals surface area contributed by atoms with Gasteiger partial charge in [-0.1, -0.05) is 78.9 Å². The number of thioether (sulfide) groups is 1. The summed E-state index contributed by atoms with van der Waals surface area (Å²) in [6.45, 7) is 6.76. The summed E-state index contributed by atoms with van der Waals surface area (Å²) in [5.41, 5.74) is 6.64. The molecule has 5 aromatic rings. The molecule has 1 aliphatic heterocycles. The van der Waals surface area contributed by atoms with E-state index >= 15 is 0 Å². The van der Waals surface area contributed by atoms with Gasteiger partial charge >= 0.3 is 0 Å². The molecular formula is C36H30N4O2S. The molecule has 6 nitrogen and oxygen atoms in total. The van der Waals surface area contributed by atoms with Gasteiger partial charge in [-0.15, -0.1) is 6.58 Å². The van der Waals surface area contributed by atoms with Crippen LogP contribution in [0.1, 0.15) is 12.5 Å². The van der Waals surface area contributed by atoms with Crippen LogP contribution in [0.25, 0.3) is 34.3 Å². The summed E-state index contributed by atoms with van der Waals surface area (Å²) in [5.74, 6) is 0.695. The van der Waals surface area contributed by atoms with E-state index in [4.69, 9.17) is 14.8 Å². The smallest absolute Gasteiger partial charge is 0.267 e. The number of ether oxygens (including phenoxy) is 1. The molecular weight excluding hydrogens is 552 g/mol. The zero-order valence-corrected chi connectivity index (χ0v) is 24.6. The molecule has 212 valence electrons. The predicted molar refractivity (Wildman–Crippen MR) is 177 cm³/mol. The molecule has 6 rings (SSSR count). The maximum Gasteiger partial charge on any atom is 0.267 e. The second kappa shape index (κ2) is 12.8. The maximum atomic E-state index is 13.3. The molecule has 0 spiro atoms. The van der Waals surface area contributed by atoms with Crippen molar-refractivity contribution in [3.8, 4) is 34.0 Å². The Bertz CT molecular complexity index is 1790. The molecule has 0 bridgehead atoms. The zero-order chi connectivity index (χ0) is 29.6. The fraction of sp³-hybridized carbons (Fsp3) is 0.0833. The molecule has 0 radical (unpaired) electrons. The Hall–Kier alpha value is -5.14. The normalized spacial score (nSPS) is 14.9. The Morgan fingerprint density at radius 3 is 2.21 bits per heavy atom. The molecule has 0 unspecified atom stereocenters. The number of carbonyl (C=O) groups is 1. The van der Waals surface area contributed by atoms with Crippen LogP contribution >= 0.6 is 11.8 Å². The standard InChI is InChI=1S/C36H30N4O2S/c1-3-23-39-35(41)34(43-36(39)37-29-17-21-31(22-18-29)42-4-2)24-26-15-19-30(20-16-26)40-33(28-13-9-6-10-14-28)25-32(38-40)27-11-7-5-8-12-27/h3,5-22,24-25H,1,4,23H2,2H3. The SMILES string of the molecule is C=CCN1C(=O)C(=Cc2ccc(-n3nc(-c4ccccc4)cc3-c3ccccc3)cc2)SC1=Nc1ccc(OCC)cc1. The van der Waals surface area contributed by atoms with Gasteiger partial charge in [-0.05, 0) is 72.8 Å². The molecule has 1 aromatic heterocycles. The molecule has 0 aliphatic carbocycles. The van der Waals surface area contributed by atoms with Crippen LogP contribution in [0.2, 0.25) is 0 Å². The number of aliphatic imine (C=N–C) groups is 1. The quantitative estimate of drug-likeness (QED) is 0.129. The Balaban J connectivity index is 1.29. The van der Waals surface area contributed by atoms with Crippen LogP contribution in [0, 0.1) is 0 Å². The number of carbonyl (C=O) groups excluding carboxylic acids is 1. The van der Waals surface area contributed by atoms with Gasteiger partial charge in [-0.3, -0.25) is 9.69 Å². The van der Waals surface area contributed by atoms with Crippen molar-refractivity contribution in [1.82, 2.24) is 14.7 Å². The highest BCUT2D eigenvalue weighted by Gasteiger charge is 2.32. The van der Waals surface area contributed by atoms with Crippen molar-refractivity contribution in [2.75, 3.05) is 13.2 Å². The molecule has 1 aliphatic rings. The molecule has 43 heavy (non-hydrogen) atoms. The molecule has 7 heteroatoms. The van der Waals surface area contributed by atoms with Gasteiger partial charge in [0.2, 0.25) is 0 Å². The number of benzene rings is 4. The van der Waals surface area contributed by atoms with E-state index in [-0.39, 0.29) is 5.91 Å². The summed E-state index contributed by atoms with van der Waals surface area (Å²) in [6.07, 6.45) is 3.62. The zero-order valence-electron chi connectivity index (χ0n) is 23.8. The third-order valence-electron chi connectivity index (χ3n) is 6.86. The highest BCUT2D eigenvalue weighted by atomic mass is 32.2. The summed E-state index contributed by atoms with van der Waals surface area (Å²) < 4.78 is 7.50. The number of hydrogen-bond acceptors (Lipinski definition) is 5. The second-order valence-electron chi connectivity index (χ2n) is 9.79. The lowest BCUT2D eigenvalue weighted by atomic mass is 10.1. The van der Waals surface area contributed by atoms with E-state index in [1.54, 1.807) is 11.0 Å². The molecule has 1 fully saturated rings. The molecule has 0 atom stereocenters. The van der Waals surface area contributed by atoms with Crippen LogP contribution in [0.5, 0.6) is 5.75 Å². The molecule has 4 aromatic carbocycles. The van der Waals surface area contributed by atoms with Crippen LogP contribution in [0.3, 0.4) is 0 Å². The summed E-state index contributed by atoms with van der Waals surface area (Å²) in [5, 5.41) is 5.59. The summed E-state index contributed by atoms with van der Waals surface area (Å²) in [7, 11) is 0. The molecule has 1 amide bonds. The summed E-state index contributed by atoms with van der Waals surface area (Å²) in [4.78, 5) is 20.3. The highest BCUT2D eigenvalue weighted by molar-refractivity contribution is 8.18. The Labute approximate surface area is 255 Å². The largest absolute Gasteiger partial charge is 0.494 e. The first kappa shape index (κ1) is 28.0. The van der Waals surface area contributed by atoms with E-state index in [0.29, 0.717) is 23.2 Å². The maximum absolute atomic E-state index is 13.3. The minimum atomic E-state index is -0.0930. The second-order valence-corrected chi connectivity index (χ2v) is 10.8. The van der Waals surface area contributed by atoms with E-state index in [1.165, 1.54) is 11.8 Å². The van der Waals surface area contributed by atoms with Crippen molar-refractivity contribution in [2.24, 2.45) is 4.99 Å². The van der Waals surface area contributed by atoms with Crippen LogP contribution in [0.4, 0.5) is 5.69 Å². The average molecular weight is 583 g/mol. The molecule has 0 saturated carbocycles. The third kappa shape index (κ3) is 6.22. The topological polar surface area (TPSA) is 59.7 Å². The lowest BCUT2D eigenvalue weighted by Crippen LogP contribution is -2.29. The highest BCUT2D eigenvalue weighted by Crippen LogP contribution is 2.35. The Kier molecular flexibility index (Phi) is 8.33. The van der Waals surface area contributed by atoms with Crippen molar-refractivity contribution in [2.45, 2.75) is 6.92 Å². The van der Waals surface area contributed by atoms with E-state index in [1.807, 2.05) is 103 Å². The number of amidine groups is 1. The first-order valence-electron chi connectivity index (χ1n) is 14.1. The number of rotatable bonds is 9. The first-order valence-corrected chi connectivity index (χ1v) is 14.9. The van der Waals surface area contributed by atoms with Crippen LogP contribution in [0.15, 0.2) is 138 Å². The lowest BCUT2D eigenvalue weighted by molar-refractivity contribution is -0.121. The van der Waals surface area contributed by atoms with Crippen LogP contribution < -0.4 is 4.74 Å². The summed E-state index contributed by atoms with van der Waals surface area (Å²) >= 11 is 1.36. The van der Waals surface area contributed by atoms with Gasteiger partial charge in [0.25, 0.3) is 5.91 Å². The van der Waals surface area contributed by atoms with E-state index in [2.05, 4.69) is 36.9 Å². The van der Waals surface area contributed by atoms with Gasteiger partial charge in [-0.25, -0.2) is 9.67 Å². The molecule has 1 saturated heterocycles.